The Hall–Kier alpha value is -2.64. The monoisotopic (exact) mass is 440 g/mol. The van der Waals surface area contributed by atoms with Crippen LogP contribution in [0.1, 0.15) is 23.5 Å². The largest absolute Gasteiger partial charge is 0.494 e. The zero-order valence-corrected chi connectivity index (χ0v) is 16.4. The summed E-state index contributed by atoms with van der Waals surface area (Å²) in [5.41, 5.74) is -1.43. The molecule has 1 N–H and O–H groups in total. The molecule has 2 aromatic carbocycles. The van der Waals surface area contributed by atoms with E-state index in [1.807, 2.05) is 0 Å². The van der Waals surface area contributed by atoms with Crippen molar-refractivity contribution in [1.29, 1.82) is 0 Å². The molecule has 0 fully saturated rings. The van der Waals surface area contributed by atoms with Gasteiger partial charge in [0.2, 0.25) is 5.88 Å². The Labute approximate surface area is 174 Å². The molecular formula is C20H16Cl2F2N2O3. The van der Waals surface area contributed by atoms with E-state index in [4.69, 9.17) is 23.2 Å². The summed E-state index contributed by atoms with van der Waals surface area (Å²) in [6.07, 6.45) is -3.33. The molecule has 3 aromatic rings. The Bertz CT molecular complexity index is 1110. The van der Waals surface area contributed by atoms with Crippen LogP contribution in [0.3, 0.4) is 0 Å². The maximum atomic E-state index is 14.6. The van der Waals surface area contributed by atoms with Gasteiger partial charge in [0, 0.05) is 10.0 Å². The summed E-state index contributed by atoms with van der Waals surface area (Å²) in [6, 6.07) is 12.5. The van der Waals surface area contributed by atoms with Crippen LogP contribution >= 0.6 is 23.2 Å². The van der Waals surface area contributed by atoms with Gasteiger partial charge in [0.05, 0.1) is 19.2 Å². The summed E-state index contributed by atoms with van der Waals surface area (Å²) >= 11 is 11.5. The first-order valence-electron chi connectivity index (χ1n) is 8.59. The highest BCUT2D eigenvalue weighted by Crippen LogP contribution is 2.23. The second-order valence-corrected chi connectivity index (χ2v) is 7.26. The molecule has 0 aliphatic heterocycles. The zero-order valence-electron chi connectivity index (χ0n) is 14.9. The van der Waals surface area contributed by atoms with Gasteiger partial charge >= 0.3 is 5.69 Å². The summed E-state index contributed by atoms with van der Waals surface area (Å²) in [5.74, 6) is -0.699. The fraction of sp³-hybridized carbons (Fsp3) is 0.200. The predicted molar refractivity (Wildman–Crippen MR) is 107 cm³/mol. The van der Waals surface area contributed by atoms with Crippen LogP contribution in [0, 0.1) is 0 Å². The van der Waals surface area contributed by atoms with Crippen molar-refractivity contribution in [2.75, 3.05) is 0 Å². The highest BCUT2D eigenvalue weighted by molar-refractivity contribution is 6.30. The lowest BCUT2D eigenvalue weighted by Gasteiger charge is -2.16. The molecule has 0 saturated heterocycles. The number of benzene rings is 2. The molecule has 0 amide bonds. The van der Waals surface area contributed by atoms with Crippen LogP contribution in [-0.2, 0) is 13.1 Å². The van der Waals surface area contributed by atoms with Crippen LogP contribution < -0.4 is 11.2 Å². The minimum Gasteiger partial charge on any atom is -0.494 e. The van der Waals surface area contributed by atoms with E-state index in [1.54, 1.807) is 0 Å². The summed E-state index contributed by atoms with van der Waals surface area (Å²) in [4.78, 5) is 24.8. The molecule has 29 heavy (non-hydrogen) atoms. The molecule has 9 heteroatoms. The topological polar surface area (TPSA) is 64.2 Å². The van der Waals surface area contributed by atoms with Crippen molar-refractivity contribution in [1.82, 2.24) is 9.13 Å². The third-order valence-electron chi connectivity index (χ3n) is 4.41. The lowest BCUT2D eigenvalue weighted by atomic mass is 10.1. The lowest BCUT2D eigenvalue weighted by molar-refractivity contribution is 0.261. The van der Waals surface area contributed by atoms with Gasteiger partial charge in [0.25, 0.3) is 5.56 Å². The first-order chi connectivity index (χ1) is 13.8. The molecule has 2 atom stereocenters. The first-order valence-corrected chi connectivity index (χ1v) is 9.34. The standard InChI is InChI=1S/C20H16Cl2F2N2O3/c21-14-5-1-12(2-6-14)16(23)10-25-18(27)9-19(28)26(20(25)29)11-17(24)13-3-7-15(22)8-4-13/h1-9,16-17,27H,10-11H2/t16-,17+/m1/s1. The predicted octanol–water partition coefficient (Wildman–Crippen LogP) is 4.44. The molecule has 1 heterocycles. The van der Waals surface area contributed by atoms with Crippen molar-refractivity contribution in [2.24, 2.45) is 0 Å². The maximum Gasteiger partial charge on any atom is 0.333 e. The van der Waals surface area contributed by atoms with Crippen molar-refractivity contribution in [3.8, 4) is 5.88 Å². The average Bonchev–Trinajstić information content (AvgIpc) is 2.69. The van der Waals surface area contributed by atoms with E-state index >= 15 is 0 Å². The Morgan fingerprint density at radius 1 is 0.793 bits per heavy atom. The Kier molecular flexibility index (Phi) is 6.39. The first kappa shape index (κ1) is 21.1. The van der Waals surface area contributed by atoms with Crippen LogP contribution in [0.5, 0.6) is 5.88 Å². The molecule has 152 valence electrons. The van der Waals surface area contributed by atoms with Gasteiger partial charge in [-0.05, 0) is 35.4 Å². The number of aromatic nitrogens is 2. The van der Waals surface area contributed by atoms with E-state index < -0.39 is 42.6 Å². The average molecular weight is 441 g/mol. The molecule has 1 aromatic heterocycles. The third-order valence-corrected chi connectivity index (χ3v) is 4.91. The SMILES string of the molecule is O=c1cc(O)n(C[C@@H](F)c2ccc(Cl)cc2)c(=O)n1C[C@H](F)c1ccc(Cl)cc1. The summed E-state index contributed by atoms with van der Waals surface area (Å²) < 4.78 is 30.5. The second-order valence-electron chi connectivity index (χ2n) is 6.38. The van der Waals surface area contributed by atoms with Gasteiger partial charge < -0.3 is 5.11 Å². The maximum absolute atomic E-state index is 14.6. The number of rotatable bonds is 6. The molecule has 0 radical (unpaired) electrons. The van der Waals surface area contributed by atoms with Gasteiger partial charge in [0.1, 0.15) is 12.3 Å². The fourth-order valence-electron chi connectivity index (χ4n) is 2.82. The van der Waals surface area contributed by atoms with Crippen LogP contribution in [0.4, 0.5) is 8.78 Å². The van der Waals surface area contributed by atoms with Crippen molar-refractivity contribution in [2.45, 2.75) is 25.4 Å². The minimum atomic E-state index is -1.67. The quantitative estimate of drug-likeness (QED) is 0.615. The van der Waals surface area contributed by atoms with E-state index in [0.29, 0.717) is 19.2 Å². The summed E-state index contributed by atoms with van der Waals surface area (Å²) in [7, 11) is 0. The van der Waals surface area contributed by atoms with E-state index in [-0.39, 0.29) is 11.1 Å². The van der Waals surface area contributed by atoms with Crippen LogP contribution in [0.15, 0.2) is 64.2 Å². The number of hydrogen-bond donors (Lipinski definition) is 1. The van der Waals surface area contributed by atoms with Crippen molar-refractivity contribution in [3.63, 3.8) is 0 Å². The number of halogens is 4. The van der Waals surface area contributed by atoms with Gasteiger partial charge in [0.15, 0.2) is 0 Å². The van der Waals surface area contributed by atoms with E-state index in [0.717, 1.165) is 6.07 Å². The lowest BCUT2D eigenvalue weighted by Crippen LogP contribution is -2.40. The van der Waals surface area contributed by atoms with Gasteiger partial charge in [-0.2, -0.15) is 0 Å². The molecule has 0 bridgehead atoms. The fourth-order valence-corrected chi connectivity index (χ4v) is 3.07. The zero-order chi connectivity index (χ0) is 21.1. The van der Waals surface area contributed by atoms with Crippen molar-refractivity contribution < 1.29 is 13.9 Å². The van der Waals surface area contributed by atoms with Gasteiger partial charge in [-0.25, -0.2) is 13.6 Å². The van der Waals surface area contributed by atoms with Crippen molar-refractivity contribution >= 4 is 23.2 Å². The normalized spacial score (nSPS) is 13.2. The smallest absolute Gasteiger partial charge is 0.333 e. The van der Waals surface area contributed by atoms with Gasteiger partial charge in [-0.3, -0.25) is 13.9 Å². The van der Waals surface area contributed by atoms with Crippen LogP contribution in [0.2, 0.25) is 10.0 Å². The van der Waals surface area contributed by atoms with E-state index in [1.165, 1.54) is 48.5 Å². The van der Waals surface area contributed by atoms with Crippen LogP contribution in [0.25, 0.3) is 0 Å². The molecular weight excluding hydrogens is 425 g/mol. The molecule has 0 saturated carbocycles. The molecule has 0 aliphatic carbocycles. The molecule has 5 nitrogen and oxygen atoms in total. The molecule has 0 spiro atoms. The molecule has 0 aliphatic rings. The Morgan fingerprint density at radius 3 is 1.66 bits per heavy atom. The molecule has 3 rings (SSSR count). The minimum absolute atomic E-state index is 0.227. The number of alkyl halides is 2. The number of aromatic hydroxyl groups is 1. The highest BCUT2D eigenvalue weighted by Gasteiger charge is 2.19. The Balaban J connectivity index is 1.89. The van der Waals surface area contributed by atoms with Crippen molar-refractivity contribution in [3.05, 3.63) is 96.6 Å². The third kappa shape index (κ3) is 4.86. The summed E-state index contributed by atoms with van der Waals surface area (Å²) in [6.45, 7) is -1.14. The van der Waals surface area contributed by atoms with Gasteiger partial charge in [-0.1, -0.05) is 47.5 Å². The van der Waals surface area contributed by atoms with E-state index in [2.05, 4.69) is 0 Å². The number of hydrogen-bond acceptors (Lipinski definition) is 3. The summed E-state index contributed by atoms with van der Waals surface area (Å²) in [5, 5.41) is 10.8. The highest BCUT2D eigenvalue weighted by atomic mass is 35.5. The number of nitrogens with zero attached hydrogens (tertiary/aromatic N) is 2. The van der Waals surface area contributed by atoms with E-state index in [9.17, 15) is 23.5 Å². The van der Waals surface area contributed by atoms with Crippen LogP contribution in [-0.4, -0.2) is 14.2 Å². The second kappa shape index (κ2) is 8.80. The molecule has 0 unspecified atom stereocenters. The Morgan fingerprint density at radius 2 is 1.21 bits per heavy atom. The van der Waals surface area contributed by atoms with Gasteiger partial charge in [-0.15, -0.1) is 0 Å².